The number of carbonyl (C=O) groups excluding carboxylic acids is 2. The fraction of sp³-hybridized carbons (Fsp3) is 0.333. The minimum absolute atomic E-state index is 0.294. The van der Waals surface area contributed by atoms with E-state index < -0.39 is 11.8 Å². The van der Waals surface area contributed by atoms with Gasteiger partial charge < -0.3 is 9.47 Å². The SMILES string of the molecule is COc1cc(C(=O)NNC(=O)c2c(C)nn3cccnc23)ccc1OCCC(C)C. The van der Waals surface area contributed by atoms with Gasteiger partial charge in [0.05, 0.1) is 19.4 Å². The highest BCUT2D eigenvalue weighted by Crippen LogP contribution is 2.28. The molecule has 0 bridgehead atoms. The van der Waals surface area contributed by atoms with Crippen LogP contribution in [0.25, 0.3) is 5.65 Å². The van der Waals surface area contributed by atoms with Gasteiger partial charge in [0.25, 0.3) is 11.8 Å². The van der Waals surface area contributed by atoms with Gasteiger partial charge in [-0.3, -0.25) is 20.4 Å². The molecule has 2 N–H and O–H groups in total. The fourth-order valence-electron chi connectivity index (χ4n) is 2.84. The van der Waals surface area contributed by atoms with Gasteiger partial charge in [-0.1, -0.05) is 13.8 Å². The van der Waals surface area contributed by atoms with E-state index in [1.165, 1.54) is 11.6 Å². The number of fused-ring (bicyclic) bond motifs is 1. The van der Waals surface area contributed by atoms with Crippen molar-refractivity contribution in [2.45, 2.75) is 27.2 Å². The number of amides is 2. The molecule has 0 aliphatic heterocycles. The number of benzene rings is 1. The second-order valence-corrected chi connectivity index (χ2v) is 7.15. The van der Waals surface area contributed by atoms with Crippen LogP contribution in [0, 0.1) is 12.8 Å². The summed E-state index contributed by atoms with van der Waals surface area (Å²) in [5.74, 6) is 0.538. The normalized spacial score (nSPS) is 10.8. The number of aromatic nitrogens is 3. The van der Waals surface area contributed by atoms with Gasteiger partial charge in [0.2, 0.25) is 0 Å². The molecule has 9 heteroatoms. The lowest BCUT2D eigenvalue weighted by Gasteiger charge is -2.13. The summed E-state index contributed by atoms with van der Waals surface area (Å²) < 4.78 is 12.6. The van der Waals surface area contributed by atoms with E-state index in [9.17, 15) is 9.59 Å². The van der Waals surface area contributed by atoms with Gasteiger partial charge in [-0.25, -0.2) is 9.50 Å². The molecule has 0 aliphatic rings. The average molecular weight is 411 g/mol. The van der Waals surface area contributed by atoms with Crippen LogP contribution in [0.15, 0.2) is 36.7 Å². The summed E-state index contributed by atoms with van der Waals surface area (Å²) in [6.45, 7) is 6.50. The molecular weight excluding hydrogens is 386 g/mol. The zero-order valence-electron chi connectivity index (χ0n) is 17.4. The summed E-state index contributed by atoms with van der Waals surface area (Å²) in [4.78, 5) is 29.2. The van der Waals surface area contributed by atoms with E-state index in [0.29, 0.717) is 46.5 Å². The van der Waals surface area contributed by atoms with Gasteiger partial charge in [0, 0.05) is 18.0 Å². The Morgan fingerprint density at radius 1 is 1.17 bits per heavy atom. The molecule has 2 heterocycles. The van der Waals surface area contributed by atoms with Crippen molar-refractivity contribution in [3.05, 3.63) is 53.5 Å². The van der Waals surface area contributed by atoms with Gasteiger partial charge in [-0.15, -0.1) is 0 Å². The minimum Gasteiger partial charge on any atom is -0.493 e. The second kappa shape index (κ2) is 9.25. The number of hydrazine groups is 1. The molecule has 0 spiro atoms. The highest BCUT2D eigenvalue weighted by Gasteiger charge is 2.19. The van der Waals surface area contributed by atoms with Crippen molar-refractivity contribution >= 4 is 17.5 Å². The van der Waals surface area contributed by atoms with E-state index in [1.807, 2.05) is 0 Å². The van der Waals surface area contributed by atoms with Crippen molar-refractivity contribution < 1.29 is 19.1 Å². The van der Waals surface area contributed by atoms with Crippen molar-refractivity contribution in [3.8, 4) is 11.5 Å². The summed E-state index contributed by atoms with van der Waals surface area (Å²) in [5, 5.41) is 4.24. The molecule has 30 heavy (non-hydrogen) atoms. The third-order valence-electron chi connectivity index (χ3n) is 4.47. The van der Waals surface area contributed by atoms with E-state index in [-0.39, 0.29) is 0 Å². The molecule has 1 aromatic carbocycles. The summed E-state index contributed by atoms with van der Waals surface area (Å²) in [5.41, 5.74) is 6.34. The van der Waals surface area contributed by atoms with Crippen LogP contribution in [0.5, 0.6) is 11.5 Å². The number of hydrogen-bond donors (Lipinski definition) is 2. The van der Waals surface area contributed by atoms with Gasteiger partial charge in [-0.2, -0.15) is 5.10 Å². The zero-order valence-corrected chi connectivity index (χ0v) is 17.4. The van der Waals surface area contributed by atoms with Gasteiger partial charge in [0.15, 0.2) is 17.1 Å². The van der Waals surface area contributed by atoms with E-state index in [2.05, 4.69) is 34.8 Å². The van der Waals surface area contributed by atoms with Crippen LogP contribution in [-0.4, -0.2) is 40.1 Å². The van der Waals surface area contributed by atoms with Crippen molar-refractivity contribution in [1.29, 1.82) is 0 Å². The van der Waals surface area contributed by atoms with E-state index >= 15 is 0 Å². The van der Waals surface area contributed by atoms with Crippen LogP contribution in [0.2, 0.25) is 0 Å². The van der Waals surface area contributed by atoms with Crippen LogP contribution >= 0.6 is 0 Å². The first-order valence-electron chi connectivity index (χ1n) is 9.62. The highest BCUT2D eigenvalue weighted by molar-refractivity contribution is 6.03. The molecule has 9 nitrogen and oxygen atoms in total. The Kier molecular flexibility index (Phi) is 6.51. The summed E-state index contributed by atoms with van der Waals surface area (Å²) >= 11 is 0. The maximum absolute atomic E-state index is 12.6. The van der Waals surface area contributed by atoms with Crippen molar-refractivity contribution in [1.82, 2.24) is 25.4 Å². The number of hydrogen-bond acceptors (Lipinski definition) is 6. The zero-order chi connectivity index (χ0) is 21.7. The van der Waals surface area contributed by atoms with Crippen LogP contribution < -0.4 is 20.3 Å². The molecule has 0 fully saturated rings. The molecule has 0 aliphatic carbocycles. The topological polar surface area (TPSA) is 107 Å². The Hall–Kier alpha value is -3.62. The lowest BCUT2D eigenvalue weighted by atomic mass is 10.1. The quantitative estimate of drug-likeness (QED) is 0.579. The number of rotatable bonds is 7. The van der Waals surface area contributed by atoms with E-state index in [1.54, 1.807) is 43.6 Å². The number of nitrogens with zero attached hydrogens (tertiary/aromatic N) is 3. The lowest BCUT2D eigenvalue weighted by molar-refractivity contribution is 0.0847. The van der Waals surface area contributed by atoms with Crippen LogP contribution in [0.3, 0.4) is 0 Å². The third-order valence-corrected chi connectivity index (χ3v) is 4.47. The van der Waals surface area contributed by atoms with Crippen molar-refractivity contribution in [2.24, 2.45) is 5.92 Å². The lowest BCUT2D eigenvalue weighted by Crippen LogP contribution is -2.41. The molecule has 0 saturated heterocycles. The standard InChI is InChI=1S/C21H25N5O4/c1-13(2)8-11-30-16-7-6-15(12-17(16)29-4)20(27)23-24-21(28)18-14(3)25-26-10-5-9-22-19(18)26/h5-7,9-10,12-13H,8,11H2,1-4H3,(H,23,27)(H,24,28). The third kappa shape index (κ3) is 4.68. The number of aryl methyl sites for hydroxylation is 1. The number of methoxy groups -OCH3 is 1. The van der Waals surface area contributed by atoms with Gasteiger partial charge in [-0.05, 0) is 43.5 Å². The van der Waals surface area contributed by atoms with E-state index in [4.69, 9.17) is 9.47 Å². The fourth-order valence-corrected chi connectivity index (χ4v) is 2.84. The molecular formula is C21H25N5O4. The van der Waals surface area contributed by atoms with E-state index in [0.717, 1.165) is 6.42 Å². The number of nitrogens with one attached hydrogen (secondary N) is 2. The minimum atomic E-state index is -0.504. The molecule has 0 saturated carbocycles. The van der Waals surface area contributed by atoms with Crippen LogP contribution in [-0.2, 0) is 0 Å². The predicted molar refractivity (Wildman–Crippen MR) is 111 cm³/mol. The van der Waals surface area contributed by atoms with Gasteiger partial charge >= 0.3 is 0 Å². The molecule has 2 amide bonds. The summed E-state index contributed by atoms with van der Waals surface area (Å²) in [6, 6.07) is 6.56. The highest BCUT2D eigenvalue weighted by atomic mass is 16.5. The molecule has 3 aromatic rings. The Balaban J connectivity index is 1.67. The Labute approximate surface area is 174 Å². The van der Waals surface area contributed by atoms with Crippen LogP contribution in [0.1, 0.15) is 46.7 Å². The first-order valence-corrected chi connectivity index (χ1v) is 9.62. The Morgan fingerprint density at radius 3 is 2.67 bits per heavy atom. The Bertz CT molecular complexity index is 1060. The molecule has 0 radical (unpaired) electrons. The molecule has 3 rings (SSSR count). The summed E-state index contributed by atoms with van der Waals surface area (Å²) in [6.07, 6.45) is 4.18. The summed E-state index contributed by atoms with van der Waals surface area (Å²) in [7, 11) is 1.51. The Morgan fingerprint density at radius 2 is 1.93 bits per heavy atom. The van der Waals surface area contributed by atoms with Crippen LogP contribution in [0.4, 0.5) is 0 Å². The largest absolute Gasteiger partial charge is 0.493 e. The maximum Gasteiger partial charge on any atom is 0.275 e. The van der Waals surface area contributed by atoms with Crippen molar-refractivity contribution in [3.63, 3.8) is 0 Å². The second-order valence-electron chi connectivity index (χ2n) is 7.15. The molecule has 0 atom stereocenters. The maximum atomic E-state index is 12.6. The van der Waals surface area contributed by atoms with Gasteiger partial charge in [0.1, 0.15) is 5.56 Å². The molecule has 158 valence electrons. The predicted octanol–water partition coefficient (Wildman–Crippen LogP) is 2.55. The molecule has 2 aromatic heterocycles. The van der Waals surface area contributed by atoms with Crippen molar-refractivity contribution in [2.75, 3.05) is 13.7 Å². The first kappa shape index (κ1) is 21.1. The first-order chi connectivity index (χ1) is 14.4. The molecule has 0 unspecified atom stereocenters. The monoisotopic (exact) mass is 411 g/mol. The average Bonchev–Trinajstić information content (AvgIpc) is 3.07. The number of ether oxygens (including phenoxy) is 2. The number of carbonyl (C=O) groups is 2. The smallest absolute Gasteiger partial charge is 0.275 e.